The lowest BCUT2D eigenvalue weighted by Crippen LogP contribution is -2.51. The molecule has 3 aromatic rings. The van der Waals surface area contributed by atoms with Crippen LogP contribution in [0, 0.1) is 11.7 Å². The highest BCUT2D eigenvalue weighted by Gasteiger charge is 2.49. The molecule has 2 unspecified atom stereocenters. The fourth-order valence-electron chi connectivity index (χ4n) is 5.05. The molecule has 10 heteroatoms. The van der Waals surface area contributed by atoms with Crippen molar-refractivity contribution in [2.24, 2.45) is 5.92 Å². The molecule has 1 amide bonds. The Balaban J connectivity index is 1.41. The van der Waals surface area contributed by atoms with Crippen LogP contribution in [0.4, 0.5) is 23.4 Å². The molecule has 5 rings (SSSR count). The summed E-state index contributed by atoms with van der Waals surface area (Å²) < 4.78 is 52.8. The van der Waals surface area contributed by atoms with E-state index in [-0.39, 0.29) is 29.5 Å². The number of amides is 1. The number of rotatable bonds is 4. The second-order valence-electron chi connectivity index (χ2n) is 8.71. The van der Waals surface area contributed by atoms with Crippen molar-refractivity contribution in [3.05, 3.63) is 71.9 Å². The number of likely N-dealkylation sites (tertiary alicyclic amines) is 1. The quantitative estimate of drug-likeness (QED) is 0.527. The van der Waals surface area contributed by atoms with Crippen LogP contribution in [0.15, 0.2) is 55.0 Å². The molecule has 0 spiro atoms. The van der Waals surface area contributed by atoms with E-state index in [0.29, 0.717) is 23.8 Å². The number of halogens is 4. The number of benzene rings is 1. The molecule has 0 N–H and O–H groups in total. The van der Waals surface area contributed by atoms with E-state index in [4.69, 9.17) is 0 Å². The third-order valence-corrected chi connectivity index (χ3v) is 6.66. The van der Waals surface area contributed by atoms with Gasteiger partial charge in [0, 0.05) is 37.7 Å². The van der Waals surface area contributed by atoms with Crippen LogP contribution in [0.2, 0.25) is 0 Å². The summed E-state index contributed by atoms with van der Waals surface area (Å²) in [6.45, 7) is 0.542. The third-order valence-electron chi connectivity index (χ3n) is 6.66. The summed E-state index contributed by atoms with van der Waals surface area (Å²) in [5.41, 5.74) is -0.173. The van der Waals surface area contributed by atoms with Crippen LogP contribution in [0.5, 0.6) is 0 Å². The zero-order chi connectivity index (χ0) is 24.0. The summed E-state index contributed by atoms with van der Waals surface area (Å²) in [6, 6.07) is 7.70. The summed E-state index contributed by atoms with van der Waals surface area (Å²) in [7, 11) is 1.77. The summed E-state index contributed by atoms with van der Waals surface area (Å²) in [6.07, 6.45) is 1.05. The number of aromatic nitrogens is 3. The van der Waals surface area contributed by atoms with E-state index in [0.717, 1.165) is 25.1 Å². The van der Waals surface area contributed by atoms with Gasteiger partial charge in [-0.2, -0.15) is 13.2 Å². The Hall–Kier alpha value is -3.56. The van der Waals surface area contributed by atoms with Crippen molar-refractivity contribution in [1.29, 1.82) is 0 Å². The van der Waals surface area contributed by atoms with Gasteiger partial charge in [-0.3, -0.25) is 4.79 Å². The maximum Gasteiger partial charge on any atom is 0.417 e. The van der Waals surface area contributed by atoms with Crippen molar-refractivity contribution in [3.8, 4) is 11.4 Å². The molecule has 2 fully saturated rings. The maximum atomic E-state index is 14.1. The van der Waals surface area contributed by atoms with Gasteiger partial charge in [0.1, 0.15) is 11.6 Å². The molecule has 1 saturated heterocycles. The van der Waals surface area contributed by atoms with Crippen LogP contribution >= 0.6 is 0 Å². The Labute approximate surface area is 193 Å². The predicted molar refractivity (Wildman–Crippen MR) is 116 cm³/mol. The molecule has 176 valence electrons. The van der Waals surface area contributed by atoms with Crippen molar-refractivity contribution in [1.82, 2.24) is 19.9 Å². The van der Waals surface area contributed by atoms with E-state index in [1.54, 1.807) is 30.4 Å². The molecule has 1 saturated carbocycles. The number of likely N-dealkylation sites (N-methyl/N-ethyl adjacent to an activating group) is 1. The van der Waals surface area contributed by atoms with Gasteiger partial charge in [0.05, 0.1) is 23.2 Å². The molecule has 3 atom stereocenters. The Morgan fingerprint density at radius 2 is 1.85 bits per heavy atom. The predicted octanol–water partition coefficient (Wildman–Crippen LogP) is 4.44. The lowest BCUT2D eigenvalue weighted by Gasteiger charge is -2.39. The maximum absolute atomic E-state index is 14.1. The van der Waals surface area contributed by atoms with Crippen molar-refractivity contribution >= 4 is 11.7 Å². The highest BCUT2D eigenvalue weighted by atomic mass is 19.4. The first kappa shape index (κ1) is 22.2. The zero-order valence-electron chi connectivity index (χ0n) is 18.2. The van der Waals surface area contributed by atoms with Crippen molar-refractivity contribution in [2.45, 2.75) is 31.1 Å². The van der Waals surface area contributed by atoms with Crippen LogP contribution < -0.4 is 4.90 Å². The minimum Gasteiger partial charge on any atom is -0.355 e. The van der Waals surface area contributed by atoms with Gasteiger partial charge in [-0.1, -0.05) is 0 Å². The lowest BCUT2D eigenvalue weighted by molar-refractivity contribution is -0.137. The normalized spacial score (nSPS) is 21.7. The average Bonchev–Trinajstić information content (AvgIpc) is 3.44. The number of carbonyl (C=O) groups is 1. The Morgan fingerprint density at radius 3 is 2.50 bits per heavy atom. The van der Waals surface area contributed by atoms with E-state index in [2.05, 4.69) is 15.0 Å². The second kappa shape index (κ2) is 8.34. The van der Waals surface area contributed by atoms with E-state index in [1.807, 2.05) is 4.90 Å². The first-order valence-electron chi connectivity index (χ1n) is 10.9. The van der Waals surface area contributed by atoms with Gasteiger partial charge in [0.2, 0.25) is 0 Å². The summed E-state index contributed by atoms with van der Waals surface area (Å²) in [5.74, 6) is 0.142. The summed E-state index contributed by atoms with van der Waals surface area (Å²) in [4.78, 5) is 29.6. The number of carbonyl (C=O) groups excluding carboxylic acids is 1. The standard InChI is InChI=1S/C24H21F4N5O/c1-32(21-6-3-15(12-31-21)24(26,27)28)19-9-14-10-20(19)33(13-14)23(34)18-11-16(25)4-5-17(18)22-29-7-2-8-30-22/h2-8,11-12,14,19-20H,9-10,13H2,1H3/t14-,19?,20?/m0/s1. The first-order chi connectivity index (χ1) is 16.2. The van der Waals surface area contributed by atoms with Crippen LogP contribution in [0.1, 0.15) is 28.8 Å². The van der Waals surface area contributed by atoms with Crippen LogP contribution in [0.25, 0.3) is 11.4 Å². The number of hydrogen-bond acceptors (Lipinski definition) is 5. The smallest absolute Gasteiger partial charge is 0.355 e. The van der Waals surface area contributed by atoms with Crippen LogP contribution in [-0.4, -0.2) is 51.4 Å². The topological polar surface area (TPSA) is 62.2 Å². The summed E-state index contributed by atoms with van der Waals surface area (Å²) >= 11 is 0. The van der Waals surface area contributed by atoms with Gasteiger partial charge in [-0.15, -0.1) is 0 Å². The molecule has 2 bridgehead atoms. The Morgan fingerprint density at radius 1 is 1.09 bits per heavy atom. The monoisotopic (exact) mass is 471 g/mol. The van der Waals surface area contributed by atoms with Gasteiger partial charge in [-0.05, 0) is 55.2 Å². The molecule has 1 aliphatic heterocycles. The van der Waals surface area contributed by atoms with Crippen molar-refractivity contribution in [3.63, 3.8) is 0 Å². The molecular formula is C24H21F4N5O. The number of nitrogens with zero attached hydrogens (tertiary/aromatic N) is 5. The molecule has 34 heavy (non-hydrogen) atoms. The fraction of sp³-hybridized carbons (Fsp3) is 0.333. The number of piperidine rings is 1. The van der Waals surface area contributed by atoms with Gasteiger partial charge in [-0.25, -0.2) is 19.3 Å². The third kappa shape index (κ3) is 3.97. The Bertz CT molecular complexity index is 1200. The molecule has 0 radical (unpaired) electrons. The average molecular weight is 471 g/mol. The fourth-order valence-corrected chi connectivity index (χ4v) is 5.05. The minimum atomic E-state index is -4.45. The number of hydrogen-bond donors (Lipinski definition) is 0. The first-order valence-corrected chi connectivity index (χ1v) is 10.9. The van der Waals surface area contributed by atoms with Crippen LogP contribution in [-0.2, 0) is 6.18 Å². The summed E-state index contributed by atoms with van der Waals surface area (Å²) in [5, 5.41) is 0. The SMILES string of the molecule is CN(c1ccc(C(F)(F)F)cn1)C1C[C@H]2CC1N(C(=O)c1cc(F)ccc1-c1ncccn1)C2. The van der Waals surface area contributed by atoms with Crippen molar-refractivity contribution in [2.75, 3.05) is 18.5 Å². The highest BCUT2D eigenvalue weighted by molar-refractivity contribution is 6.00. The number of alkyl halides is 3. The van der Waals surface area contributed by atoms with E-state index in [1.165, 1.54) is 24.3 Å². The van der Waals surface area contributed by atoms with Gasteiger partial charge >= 0.3 is 6.18 Å². The van der Waals surface area contributed by atoms with E-state index < -0.39 is 17.6 Å². The second-order valence-corrected chi connectivity index (χ2v) is 8.71. The van der Waals surface area contributed by atoms with Gasteiger partial charge in [0.25, 0.3) is 5.91 Å². The number of pyridine rings is 1. The zero-order valence-corrected chi connectivity index (χ0v) is 18.2. The highest BCUT2D eigenvalue weighted by Crippen LogP contribution is 2.42. The number of fused-ring (bicyclic) bond motifs is 2. The van der Waals surface area contributed by atoms with Gasteiger partial charge in [0.15, 0.2) is 5.82 Å². The van der Waals surface area contributed by atoms with E-state index >= 15 is 0 Å². The van der Waals surface area contributed by atoms with Gasteiger partial charge < -0.3 is 9.80 Å². The minimum absolute atomic E-state index is 0.114. The van der Waals surface area contributed by atoms with Crippen molar-refractivity contribution < 1.29 is 22.4 Å². The molecule has 1 aromatic carbocycles. The Kier molecular flexibility index (Phi) is 5.45. The lowest BCUT2D eigenvalue weighted by atomic mass is 10.0. The largest absolute Gasteiger partial charge is 0.417 e. The molecule has 2 aliphatic rings. The molecule has 1 aliphatic carbocycles. The molecule has 2 aromatic heterocycles. The molecule has 6 nitrogen and oxygen atoms in total. The van der Waals surface area contributed by atoms with Crippen LogP contribution in [0.3, 0.4) is 0 Å². The molecular weight excluding hydrogens is 450 g/mol. The number of anilines is 1. The van der Waals surface area contributed by atoms with E-state index in [9.17, 15) is 22.4 Å². The molecule has 3 heterocycles.